The molecule has 94 valence electrons. The van der Waals surface area contributed by atoms with Gasteiger partial charge in [-0.15, -0.1) is 0 Å². The molecule has 0 radical (unpaired) electrons. The van der Waals surface area contributed by atoms with Crippen LogP contribution in [-0.2, 0) is 13.6 Å². The molecule has 18 heavy (non-hydrogen) atoms. The van der Waals surface area contributed by atoms with Crippen LogP contribution in [-0.4, -0.2) is 19.1 Å². The molecule has 0 heterocycles. The Bertz CT molecular complexity index is 447. The van der Waals surface area contributed by atoms with Gasteiger partial charge in [0, 0.05) is 12.7 Å². The Balaban J connectivity index is 1.92. The van der Waals surface area contributed by atoms with Crippen LogP contribution in [0.4, 0.5) is 0 Å². The summed E-state index contributed by atoms with van der Waals surface area (Å²) in [7, 11) is -0.0532. The minimum Gasteiger partial charge on any atom is -0.408 e. The molecule has 1 unspecified atom stereocenters. The molecular weight excluding hydrogens is 249 g/mol. The van der Waals surface area contributed by atoms with E-state index in [2.05, 4.69) is 0 Å². The molecule has 0 aromatic heterocycles. The molecule has 1 atom stereocenters. The van der Waals surface area contributed by atoms with E-state index in [1.807, 2.05) is 42.5 Å². The lowest BCUT2D eigenvalue weighted by molar-refractivity contribution is 0.220. The van der Waals surface area contributed by atoms with Gasteiger partial charge in [-0.25, -0.2) is 0 Å². The van der Waals surface area contributed by atoms with E-state index in [0.717, 1.165) is 0 Å². The van der Waals surface area contributed by atoms with Crippen LogP contribution in [0.15, 0.2) is 54.6 Å². The molecule has 0 saturated carbocycles. The second-order valence-corrected chi connectivity index (χ2v) is 4.74. The first-order chi connectivity index (χ1) is 8.79. The minimum atomic E-state index is -1.56. The molecule has 0 aliphatic heterocycles. The van der Waals surface area contributed by atoms with Gasteiger partial charge in [0.05, 0.1) is 0 Å². The van der Waals surface area contributed by atoms with Crippen molar-refractivity contribution in [2.75, 3.05) is 7.11 Å². The fourth-order valence-electron chi connectivity index (χ4n) is 1.40. The molecule has 1 aromatic carbocycles. The van der Waals surface area contributed by atoms with E-state index in [0.29, 0.717) is 5.56 Å². The van der Waals surface area contributed by atoms with Gasteiger partial charge in [0.15, 0.2) is 0 Å². The van der Waals surface area contributed by atoms with E-state index in [-0.39, 0.29) is 12.0 Å². The lowest BCUT2D eigenvalue weighted by Gasteiger charge is -2.17. The predicted octanol–water partition coefficient (Wildman–Crippen LogP) is 3.41. The Morgan fingerprint density at radius 1 is 1.17 bits per heavy atom. The molecular formula is C13H14NO3P. The standard InChI is InChI=1S/C13H14NO3P/c1-15-18(16-12-9-5-6-10-12)17-13(14)11-7-3-2-4-8-11/h2-10,12,14H,1H3. The summed E-state index contributed by atoms with van der Waals surface area (Å²) in [4.78, 5) is 0. The third-order valence-electron chi connectivity index (χ3n) is 2.27. The zero-order valence-electron chi connectivity index (χ0n) is 9.95. The van der Waals surface area contributed by atoms with E-state index in [4.69, 9.17) is 19.0 Å². The Morgan fingerprint density at radius 3 is 2.44 bits per heavy atom. The normalized spacial score (nSPS) is 15.8. The highest BCUT2D eigenvalue weighted by Gasteiger charge is 2.19. The number of rotatable bonds is 5. The first kappa shape index (κ1) is 13.0. The molecule has 1 aliphatic rings. The summed E-state index contributed by atoms with van der Waals surface area (Å²) < 4.78 is 16.1. The van der Waals surface area contributed by atoms with Crippen LogP contribution in [0.25, 0.3) is 0 Å². The molecule has 0 amide bonds. The van der Waals surface area contributed by atoms with E-state index >= 15 is 0 Å². The van der Waals surface area contributed by atoms with Crippen LogP contribution in [0.1, 0.15) is 5.56 Å². The lowest BCUT2D eigenvalue weighted by atomic mass is 10.2. The van der Waals surface area contributed by atoms with Crippen molar-refractivity contribution in [1.29, 1.82) is 5.41 Å². The quantitative estimate of drug-likeness (QED) is 0.503. The van der Waals surface area contributed by atoms with Gasteiger partial charge in [0.2, 0.25) is 5.90 Å². The maximum absolute atomic E-state index is 7.84. The largest absolute Gasteiger partial charge is 0.408 e. The van der Waals surface area contributed by atoms with E-state index in [1.54, 1.807) is 12.1 Å². The molecule has 2 rings (SSSR count). The SMILES string of the molecule is COP(OC(=N)c1ccccc1)OC1C=CC=C1. The van der Waals surface area contributed by atoms with Gasteiger partial charge >= 0.3 is 8.60 Å². The zero-order chi connectivity index (χ0) is 12.8. The van der Waals surface area contributed by atoms with Gasteiger partial charge in [-0.1, -0.05) is 42.5 Å². The summed E-state index contributed by atoms with van der Waals surface area (Å²) in [6.45, 7) is 0. The molecule has 0 spiro atoms. The molecule has 0 fully saturated rings. The Morgan fingerprint density at radius 2 is 1.83 bits per heavy atom. The zero-order valence-corrected chi connectivity index (χ0v) is 10.8. The first-order valence-electron chi connectivity index (χ1n) is 5.47. The van der Waals surface area contributed by atoms with Crippen molar-refractivity contribution >= 4 is 14.5 Å². The number of hydrogen-bond acceptors (Lipinski definition) is 4. The van der Waals surface area contributed by atoms with Crippen molar-refractivity contribution in [2.45, 2.75) is 6.10 Å². The van der Waals surface area contributed by atoms with Crippen LogP contribution in [0, 0.1) is 5.41 Å². The average Bonchev–Trinajstić information content (AvgIpc) is 2.91. The third kappa shape index (κ3) is 3.50. The summed E-state index contributed by atoms with van der Waals surface area (Å²) in [6.07, 6.45) is 7.44. The summed E-state index contributed by atoms with van der Waals surface area (Å²) >= 11 is 0. The van der Waals surface area contributed by atoms with Gasteiger partial charge in [-0.2, -0.15) is 0 Å². The topological polar surface area (TPSA) is 51.5 Å². The molecule has 1 N–H and O–H groups in total. The van der Waals surface area contributed by atoms with Gasteiger partial charge in [0.1, 0.15) is 6.10 Å². The van der Waals surface area contributed by atoms with Crippen molar-refractivity contribution < 1.29 is 13.6 Å². The number of hydrogen-bond donors (Lipinski definition) is 1. The lowest BCUT2D eigenvalue weighted by Crippen LogP contribution is -2.07. The molecule has 4 nitrogen and oxygen atoms in total. The second kappa shape index (κ2) is 6.45. The highest BCUT2D eigenvalue weighted by molar-refractivity contribution is 7.42. The monoisotopic (exact) mass is 263 g/mol. The maximum Gasteiger partial charge on any atom is 0.399 e. The molecule has 5 heteroatoms. The van der Waals surface area contributed by atoms with Crippen molar-refractivity contribution in [3.05, 3.63) is 60.2 Å². The molecule has 0 bridgehead atoms. The highest BCUT2D eigenvalue weighted by atomic mass is 31.2. The van der Waals surface area contributed by atoms with Gasteiger partial charge in [-0.3, -0.25) is 9.93 Å². The summed E-state index contributed by atoms with van der Waals surface area (Å²) in [5.41, 5.74) is 0.697. The highest BCUT2D eigenvalue weighted by Crippen LogP contribution is 2.41. The average molecular weight is 263 g/mol. The minimum absolute atomic E-state index is 0.0505. The van der Waals surface area contributed by atoms with Crippen LogP contribution in [0.2, 0.25) is 0 Å². The van der Waals surface area contributed by atoms with Gasteiger partial charge in [-0.05, 0) is 12.1 Å². The van der Waals surface area contributed by atoms with Crippen molar-refractivity contribution in [1.82, 2.24) is 0 Å². The number of benzene rings is 1. The second-order valence-electron chi connectivity index (χ2n) is 3.53. The van der Waals surface area contributed by atoms with Crippen molar-refractivity contribution in [2.24, 2.45) is 0 Å². The molecule has 1 aromatic rings. The smallest absolute Gasteiger partial charge is 0.399 e. The van der Waals surface area contributed by atoms with Crippen molar-refractivity contribution in [3.63, 3.8) is 0 Å². The first-order valence-corrected chi connectivity index (χ1v) is 6.57. The number of allylic oxidation sites excluding steroid dienone is 2. The Kier molecular flexibility index (Phi) is 4.65. The summed E-state index contributed by atoms with van der Waals surface area (Å²) in [5.74, 6) is 0.0505. The fraction of sp³-hybridized carbons (Fsp3) is 0.154. The van der Waals surface area contributed by atoms with Crippen molar-refractivity contribution in [3.8, 4) is 0 Å². The fourth-order valence-corrected chi connectivity index (χ4v) is 2.20. The van der Waals surface area contributed by atoms with Gasteiger partial charge in [0.25, 0.3) is 0 Å². The van der Waals surface area contributed by atoms with Crippen LogP contribution in [0.5, 0.6) is 0 Å². The third-order valence-corrected chi connectivity index (χ3v) is 3.32. The van der Waals surface area contributed by atoms with Crippen LogP contribution < -0.4 is 0 Å². The van der Waals surface area contributed by atoms with E-state index in [1.165, 1.54) is 7.11 Å². The Hall–Kier alpha value is -1.48. The summed E-state index contributed by atoms with van der Waals surface area (Å²) in [6, 6.07) is 9.21. The Labute approximate surface area is 107 Å². The van der Waals surface area contributed by atoms with Crippen LogP contribution in [0.3, 0.4) is 0 Å². The molecule has 1 aliphatic carbocycles. The summed E-state index contributed by atoms with van der Waals surface area (Å²) in [5, 5.41) is 7.84. The van der Waals surface area contributed by atoms with Crippen LogP contribution >= 0.6 is 8.60 Å². The van der Waals surface area contributed by atoms with E-state index in [9.17, 15) is 0 Å². The maximum atomic E-state index is 7.84. The number of nitrogens with one attached hydrogen (secondary N) is 1. The van der Waals surface area contributed by atoms with Gasteiger partial charge < -0.3 is 9.05 Å². The predicted molar refractivity (Wildman–Crippen MR) is 71.4 cm³/mol. The van der Waals surface area contributed by atoms with E-state index < -0.39 is 8.60 Å². The molecule has 0 saturated heterocycles.